The van der Waals surface area contributed by atoms with E-state index in [-0.39, 0.29) is 12.0 Å². The van der Waals surface area contributed by atoms with Gasteiger partial charge in [-0.3, -0.25) is 4.79 Å². The third-order valence-corrected chi connectivity index (χ3v) is 4.98. The average Bonchev–Trinajstić information content (AvgIpc) is 2.63. The number of nitrogens with zero attached hydrogens (tertiary/aromatic N) is 1. The van der Waals surface area contributed by atoms with Crippen molar-refractivity contribution in [1.82, 2.24) is 5.32 Å². The van der Waals surface area contributed by atoms with Crippen molar-refractivity contribution < 1.29 is 14.6 Å². The summed E-state index contributed by atoms with van der Waals surface area (Å²) in [4.78, 5) is 14.5. The van der Waals surface area contributed by atoms with E-state index < -0.39 is 0 Å². The number of benzene rings is 1. The zero-order chi connectivity index (χ0) is 16.8. The van der Waals surface area contributed by atoms with E-state index in [0.717, 1.165) is 57.5 Å². The molecule has 5 nitrogen and oxygen atoms in total. The largest absolute Gasteiger partial charge is 0.393 e. The van der Waals surface area contributed by atoms with Gasteiger partial charge in [0.05, 0.1) is 12.2 Å². The first kappa shape index (κ1) is 17.2. The van der Waals surface area contributed by atoms with Gasteiger partial charge in [-0.2, -0.15) is 0 Å². The zero-order valence-electron chi connectivity index (χ0n) is 14.2. The predicted molar refractivity (Wildman–Crippen MR) is 94.4 cm³/mol. The maximum atomic E-state index is 12.2. The Balaban J connectivity index is 1.45. The third-order valence-electron chi connectivity index (χ3n) is 4.98. The molecule has 24 heavy (non-hydrogen) atoms. The van der Waals surface area contributed by atoms with E-state index in [9.17, 15) is 9.90 Å². The van der Waals surface area contributed by atoms with E-state index in [2.05, 4.69) is 10.2 Å². The molecular formula is C19H28N2O3. The number of aliphatic hydroxyl groups is 1. The lowest BCUT2D eigenvalue weighted by molar-refractivity contribution is 0.0117. The van der Waals surface area contributed by atoms with Crippen LogP contribution in [0.4, 0.5) is 5.69 Å². The van der Waals surface area contributed by atoms with Gasteiger partial charge >= 0.3 is 0 Å². The molecule has 0 aliphatic carbocycles. The Morgan fingerprint density at radius 2 is 1.92 bits per heavy atom. The molecule has 2 fully saturated rings. The minimum atomic E-state index is -0.167. The van der Waals surface area contributed by atoms with Gasteiger partial charge in [0.1, 0.15) is 0 Å². The Bertz CT molecular complexity index is 518. The standard InChI is InChI=1S/C19H28N2O3/c22-17-9-12-21(13-10-17)16-6-4-15(5-7-16)19(23)20-11-8-18-3-1-2-14-24-18/h4-7,17-18,22H,1-3,8-14H2,(H,20,23). The monoisotopic (exact) mass is 332 g/mol. The quantitative estimate of drug-likeness (QED) is 0.869. The summed E-state index contributed by atoms with van der Waals surface area (Å²) in [5.74, 6) is -0.0218. The Labute approximate surface area is 144 Å². The Morgan fingerprint density at radius 1 is 1.17 bits per heavy atom. The molecule has 2 N–H and O–H groups in total. The molecule has 5 heteroatoms. The molecule has 1 unspecified atom stereocenters. The van der Waals surface area contributed by atoms with Gasteiger partial charge in [0.25, 0.3) is 5.91 Å². The number of piperidine rings is 1. The number of carbonyl (C=O) groups is 1. The molecule has 1 aromatic carbocycles. The molecule has 2 heterocycles. The van der Waals surface area contributed by atoms with E-state index in [1.807, 2.05) is 24.3 Å². The maximum Gasteiger partial charge on any atom is 0.251 e. The first-order valence-electron chi connectivity index (χ1n) is 9.15. The molecule has 0 radical (unpaired) electrons. The van der Waals surface area contributed by atoms with Gasteiger partial charge in [-0.15, -0.1) is 0 Å². The van der Waals surface area contributed by atoms with Gasteiger partial charge in [0.15, 0.2) is 0 Å². The number of hydrogen-bond acceptors (Lipinski definition) is 4. The highest BCUT2D eigenvalue weighted by molar-refractivity contribution is 5.94. The van der Waals surface area contributed by atoms with E-state index >= 15 is 0 Å². The summed E-state index contributed by atoms with van der Waals surface area (Å²) >= 11 is 0. The van der Waals surface area contributed by atoms with Gasteiger partial charge in [-0.05, 0) is 62.8 Å². The SMILES string of the molecule is O=C(NCCC1CCCCO1)c1ccc(N2CCC(O)CC2)cc1. The van der Waals surface area contributed by atoms with Crippen LogP contribution in [-0.4, -0.2) is 49.5 Å². The van der Waals surface area contributed by atoms with Crippen molar-refractivity contribution in [2.75, 3.05) is 31.1 Å². The lowest BCUT2D eigenvalue weighted by atomic mass is 10.1. The number of hydrogen-bond donors (Lipinski definition) is 2. The second-order valence-corrected chi connectivity index (χ2v) is 6.80. The summed E-state index contributed by atoms with van der Waals surface area (Å²) in [6.07, 6.45) is 6.14. The van der Waals surface area contributed by atoms with Gasteiger partial charge in [-0.25, -0.2) is 0 Å². The molecule has 0 bridgehead atoms. The molecule has 1 atom stereocenters. The van der Waals surface area contributed by atoms with E-state index in [1.165, 1.54) is 6.42 Å². The van der Waals surface area contributed by atoms with Crippen LogP contribution in [0.1, 0.15) is 48.9 Å². The van der Waals surface area contributed by atoms with Crippen LogP contribution in [0.25, 0.3) is 0 Å². The predicted octanol–water partition coefficient (Wildman–Crippen LogP) is 2.34. The van der Waals surface area contributed by atoms with E-state index in [4.69, 9.17) is 4.74 Å². The van der Waals surface area contributed by atoms with Gasteiger partial charge in [0.2, 0.25) is 0 Å². The number of anilines is 1. The summed E-state index contributed by atoms with van der Waals surface area (Å²) in [6, 6.07) is 7.76. The fraction of sp³-hybridized carbons (Fsp3) is 0.632. The molecule has 3 rings (SSSR count). The molecule has 2 aliphatic rings. The molecule has 1 aromatic rings. The van der Waals surface area contributed by atoms with Crippen molar-refractivity contribution in [3.05, 3.63) is 29.8 Å². The average molecular weight is 332 g/mol. The Morgan fingerprint density at radius 3 is 2.58 bits per heavy atom. The highest BCUT2D eigenvalue weighted by atomic mass is 16.5. The van der Waals surface area contributed by atoms with Crippen LogP contribution in [0.15, 0.2) is 24.3 Å². The van der Waals surface area contributed by atoms with Crippen molar-refractivity contribution in [1.29, 1.82) is 0 Å². The summed E-state index contributed by atoms with van der Waals surface area (Å²) in [6.45, 7) is 3.26. The Hall–Kier alpha value is -1.59. The number of rotatable bonds is 5. The minimum absolute atomic E-state index is 0.0218. The third kappa shape index (κ3) is 4.71. The van der Waals surface area contributed by atoms with Crippen molar-refractivity contribution in [2.24, 2.45) is 0 Å². The number of nitrogens with one attached hydrogen (secondary N) is 1. The van der Waals surface area contributed by atoms with Crippen LogP contribution in [0.5, 0.6) is 0 Å². The molecule has 0 aromatic heterocycles. The summed E-state index contributed by atoms with van der Waals surface area (Å²) in [5, 5.41) is 12.6. The van der Waals surface area contributed by atoms with Crippen LogP contribution in [-0.2, 0) is 4.74 Å². The van der Waals surface area contributed by atoms with Crippen molar-refractivity contribution in [2.45, 2.75) is 50.7 Å². The molecule has 132 valence electrons. The van der Waals surface area contributed by atoms with E-state index in [0.29, 0.717) is 18.2 Å². The number of carbonyl (C=O) groups excluding carboxylic acids is 1. The maximum absolute atomic E-state index is 12.2. The van der Waals surface area contributed by atoms with Gasteiger partial charge in [-0.1, -0.05) is 0 Å². The second kappa shape index (κ2) is 8.49. The van der Waals surface area contributed by atoms with Crippen molar-refractivity contribution in [3.63, 3.8) is 0 Å². The topological polar surface area (TPSA) is 61.8 Å². The minimum Gasteiger partial charge on any atom is -0.393 e. The van der Waals surface area contributed by atoms with Gasteiger partial charge in [0, 0.05) is 37.5 Å². The lowest BCUT2D eigenvalue weighted by Crippen LogP contribution is -2.35. The fourth-order valence-corrected chi connectivity index (χ4v) is 3.43. The number of ether oxygens (including phenoxy) is 1. The smallest absolute Gasteiger partial charge is 0.251 e. The lowest BCUT2D eigenvalue weighted by Gasteiger charge is -2.31. The summed E-state index contributed by atoms with van der Waals surface area (Å²) in [5.41, 5.74) is 1.81. The summed E-state index contributed by atoms with van der Waals surface area (Å²) < 4.78 is 5.68. The molecule has 0 spiro atoms. The van der Waals surface area contributed by atoms with Crippen LogP contribution in [0.2, 0.25) is 0 Å². The Kier molecular flexibility index (Phi) is 6.10. The van der Waals surface area contributed by atoms with Crippen LogP contribution >= 0.6 is 0 Å². The van der Waals surface area contributed by atoms with Crippen molar-refractivity contribution in [3.8, 4) is 0 Å². The summed E-state index contributed by atoms with van der Waals surface area (Å²) in [7, 11) is 0. The van der Waals surface area contributed by atoms with Crippen LogP contribution in [0.3, 0.4) is 0 Å². The van der Waals surface area contributed by atoms with Crippen LogP contribution < -0.4 is 10.2 Å². The highest BCUT2D eigenvalue weighted by Crippen LogP contribution is 2.20. The number of amides is 1. The van der Waals surface area contributed by atoms with Gasteiger partial charge < -0.3 is 20.1 Å². The molecule has 2 aliphatic heterocycles. The van der Waals surface area contributed by atoms with Crippen LogP contribution in [0, 0.1) is 0 Å². The highest BCUT2D eigenvalue weighted by Gasteiger charge is 2.18. The molecule has 1 amide bonds. The number of aliphatic hydroxyl groups excluding tert-OH is 1. The first-order valence-corrected chi connectivity index (χ1v) is 9.15. The zero-order valence-corrected chi connectivity index (χ0v) is 14.2. The normalized spacial score (nSPS) is 22.4. The fourth-order valence-electron chi connectivity index (χ4n) is 3.43. The van der Waals surface area contributed by atoms with E-state index in [1.54, 1.807) is 0 Å². The molecular weight excluding hydrogens is 304 g/mol. The second-order valence-electron chi connectivity index (χ2n) is 6.80. The first-order chi connectivity index (χ1) is 11.7. The van der Waals surface area contributed by atoms with Crippen molar-refractivity contribution >= 4 is 11.6 Å². The molecule has 0 saturated carbocycles. The molecule has 2 saturated heterocycles.